The Morgan fingerprint density at radius 1 is 1.69 bits per heavy atom. The molecule has 13 heavy (non-hydrogen) atoms. The third kappa shape index (κ3) is 3.53. The molecule has 76 valence electrons. The van der Waals surface area contributed by atoms with Gasteiger partial charge in [0, 0.05) is 26.6 Å². The quantitative estimate of drug-likeness (QED) is 0.630. The zero-order chi connectivity index (χ0) is 9.84. The van der Waals surface area contributed by atoms with Crippen LogP contribution in [0, 0.1) is 5.92 Å². The topological polar surface area (TPSA) is 29.5 Å². The van der Waals surface area contributed by atoms with E-state index in [0.717, 1.165) is 12.8 Å². The van der Waals surface area contributed by atoms with E-state index in [1.807, 2.05) is 0 Å². The van der Waals surface area contributed by atoms with E-state index < -0.39 is 0 Å². The molecule has 1 aliphatic rings. The second-order valence-corrected chi connectivity index (χ2v) is 4.16. The Kier molecular flexibility index (Phi) is 4.00. The monoisotopic (exact) mass is 205 g/mol. The van der Waals surface area contributed by atoms with Crippen LogP contribution in [0.25, 0.3) is 0 Å². The number of halogens is 1. The fraction of sp³-hybridized carbons (Fsp3) is 0.889. The van der Waals surface area contributed by atoms with Crippen molar-refractivity contribution in [3.05, 3.63) is 0 Å². The van der Waals surface area contributed by atoms with Gasteiger partial charge in [0.1, 0.15) is 0 Å². The van der Waals surface area contributed by atoms with Crippen LogP contribution < -0.4 is 0 Å². The Morgan fingerprint density at radius 3 is 2.77 bits per heavy atom. The maximum absolute atomic E-state index is 11.5. The highest BCUT2D eigenvalue weighted by atomic mass is 35.5. The predicted octanol–water partition coefficient (Wildman–Crippen LogP) is 1.11. The smallest absolute Gasteiger partial charge is 0.225 e. The van der Waals surface area contributed by atoms with Crippen molar-refractivity contribution >= 4 is 17.5 Å². The summed E-state index contributed by atoms with van der Waals surface area (Å²) in [5, 5.41) is -0.0994. The molecule has 0 bridgehead atoms. The van der Waals surface area contributed by atoms with Gasteiger partial charge >= 0.3 is 0 Å². The summed E-state index contributed by atoms with van der Waals surface area (Å²) in [7, 11) is 3.41. The van der Waals surface area contributed by atoms with Gasteiger partial charge in [-0.15, -0.1) is 11.6 Å². The highest BCUT2D eigenvalue weighted by Gasteiger charge is 2.32. The van der Waals surface area contributed by atoms with Crippen molar-refractivity contribution in [1.82, 2.24) is 4.90 Å². The normalized spacial score (nSPS) is 18.4. The minimum Gasteiger partial charge on any atom is -0.383 e. The molecule has 1 rings (SSSR count). The maximum atomic E-state index is 11.5. The standard InChI is InChI=1S/C9H16ClNO2/c1-11(5-8(10)6-13-2)9(12)7-3-4-7/h7-8H,3-6H2,1-2H3. The number of carbonyl (C=O) groups excluding carboxylic acids is 1. The number of rotatable bonds is 5. The molecule has 1 aliphatic carbocycles. The fourth-order valence-electron chi connectivity index (χ4n) is 1.26. The number of alkyl halides is 1. The molecule has 0 aliphatic heterocycles. The van der Waals surface area contributed by atoms with Crippen LogP contribution in [-0.4, -0.2) is 43.5 Å². The van der Waals surface area contributed by atoms with Crippen molar-refractivity contribution < 1.29 is 9.53 Å². The van der Waals surface area contributed by atoms with E-state index in [-0.39, 0.29) is 17.2 Å². The molecule has 0 aromatic carbocycles. The van der Waals surface area contributed by atoms with E-state index in [0.29, 0.717) is 13.2 Å². The van der Waals surface area contributed by atoms with Gasteiger partial charge < -0.3 is 9.64 Å². The molecule has 0 N–H and O–H groups in total. The summed E-state index contributed by atoms with van der Waals surface area (Å²) >= 11 is 5.93. The van der Waals surface area contributed by atoms with Gasteiger partial charge in [-0.05, 0) is 12.8 Å². The van der Waals surface area contributed by atoms with E-state index >= 15 is 0 Å². The summed E-state index contributed by atoms with van der Waals surface area (Å²) in [4.78, 5) is 13.2. The van der Waals surface area contributed by atoms with E-state index in [4.69, 9.17) is 16.3 Å². The van der Waals surface area contributed by atoms with Crippen LogP contribution >= 0.6 is 11.6 Å². The Balaban J connectivity index is 2.22. The molecule has 0 heterocycles. The first-order valence-corrected chi connectivity index (χ1v) is 4.96. The summed E-state index contributed by atoms with van der Waals surface area (Å²) in [6.45, 7) is 1.06. The number of carbonyl (C=O) groups is 1. The third-order valence-corrected chi connectivity index (χ3v) is 2.39. The number of hydrogen-bond donors (Lipinski definition) is 0. The fourth-order valence-corrected chi connectivity index (χ4v) is 1.60. The van der Waals surface area contributed by atoms with Crippen LogP contribution in [0.5, 0.6) is 0 Å². The number of methoxy groups -OCH3 is 1. The van der Waals surface area contributed by atoms with Gasteiger partial charge in [0.2, 0.25) is 5.91 Å². The number of amides is 1. The van der Waals surface area contributed by atoms with E-state index in [2.05, 4.69) is 0 Å². The summed E-state index contributed by atoms with van der Waals surface area (Å²) in [6, 6.07) is 0. The molecule has 0 spiro atoms. The van der Waals surface area contributed by atoms with Gasteiger partial charge in [0.15, 0.2) is 0 Å². The molecule has 3 nitrogen and oxygen atoms in total. The van der Waals surface area contributed by atoms with Crippen molar-refractivity contribution in [2.45, 2.75) is 18.2 Å². The minimum atomic E-state index is -0.0994. The molecule has 4 heteroatoms. The van der Waals surface area contributed by atoms with Crippen LogP contribution in [0.4, 0.5) is 0 Å². The molecule has 1 atom stereocenters. The molecular formula is C9H16ClNO2. The van der Waals surface area contributed by atoms with Crippen molar-refractivity contribution in [3.63, 3.8) is 0 Å². The third-order valence-electron chi connectivity index (χ3n) is 2.12. The largest absolute Gasteiger partial charge is 0.383 e. The van der Waals surface area contributed by atoms with Gasteiger partial charge in [0.05, 0.1) is 12.0 Å². The van der Waals surface area contributed by atoms with Crippen molar-refractivity contribution in [3.8, 4) is 0 Å². The first kappa shape index (κ1) is 10.8. The zero-order valence-electron chi connectivity index (χ0n) is 8.12. The molecule has 0 radical (unpaired) electrons. The lowest BCUT2D eigenvalue weighted by Gasteiger charge is -2.19. The molecule has 1 saturated carbocycles. The lowest BCUT2D eigenvalue weighted by molar-refractivity contribution is -0.131. The highest BCUT2D eigenvalue weighted by molar-refractivity contribution is 6.21. The number of ether oxygens (including phenoxy) is 1. The SMILES string of the molecule is COCC(Cl)CN(C)C(=O)C1CC1. The van der Waals surface area contributed by atoms with E-state index in [1.165, 1.54) is 0 Å². The molecule has 1 unspecified atom stereocenters. The second-order valence-electron chi connectivity index (χ2n) is 3.55. The first-order valence-electron chi connectivity index (χ1n) is 4.53. The van der Waals surface area contributed by atoms with Crippen LogP contribution in [0.3, 0.4) is 0 Å². The summed E-state index contributed by atoms with van der Waals surface area (Å²) in [5.41, 5.74) is 0. The van der Waals surface area contributed by atoms with Gasteiger partial charge in [-0.3, -0.25) is 4.79 Å². The number of nitrogens with zero attached hydrogens (tertiary/aromatic N) is 1. The molecule has 0 saturated heterocycles. The Hall–Kier alpha value is -0.280. The molecule has 0 aromatic rings. The molecular weight excluding hydrogens is 190 g/mol. The highest BCUT2D eigenvalue weighted by Crippen LogP contribution is 2.30. The zero-order valence-corrected chi connectivity index (χ0v) is 8.88. The molecule has 0 aromatic heterocycles. The lowest BCUT2D eigenvalue weighted by Crippen LogP contribution is -2.34. The number of hydrogen-bond acceptors (Lipinski definition) is 2. The maximum Gasteiger partial charge on any atom is 0.225 e. The van der Waals surface area contributed by atoms with Crippen LogP contribution in [0.1, 0.15) is 12.8 Å². The minimum absolute atomic E-state index is 0.0994. The predicted molar refractivity (Wildman–Crippen MR) is 51.9 cm³/mol. The van der Waals surface area contributed by atoms with Crippen LogP contribution in [0.15, 0.2) is 0 Å². The van der Waals surface area contributed by atoms with Crippen molar-refractivity contribution in [2.24, 2.45) is 5.92 Å². The summed E-state index contributed by atoms with van der Waals surface area (Å²) < 4.78 is 4.89. The van der Waals surface area contributed by atoms with Crippen LogP contribution in [-0.2, 0) is 9.53 Å². The Labute approximate surface area is 84.0 Å². The average molecular weight is 206 g/mol. The Morgan fingerprint density at radius 2 is 2.31 bits per heavy atom. The second kappa shape index (κ2) is 4.82. The first-order chi connectivity index (χ1) is 6.15. The van der Waals surface area contributed by atoms with Gasteiger partial charge in [0.25, 0.3) is 0 Å². The lowest BCUT2D eigenvalue weighted by atomic mass is 10.3. The Bertz CT molecular complexity index is 182. The van der Waals surface area contributed by atoms with Gasteiger partial charge in [-0.1, -0.05) is 0 Å². The van der Waals surface area contributed by atoms with Crippen molar-refractivity contribution in [2.75, 3.05) is 27.3 Å². The van der Waals surface area contributed by atoms with E-state index in [9.17, 15) is 4.79 Å². The molecule has 1 amide bonds. The van der Waals surface area contributed by atoms with Gasteiger partial charge in [-0.25, -0.2) is 0 Å². The summed E-state index contributed by atoms with van der Waals surface area (Å²) in [6.07, 6.45) is 2.08. The van der Waals surface area contributed by atoms with Gasteiger partial charge in [-0.2, -0.15) is 0 Å². The van der Waals surface area contributed by atoms with E-state index in [1.54, 1.807) is 19.1 Å². The molecule has 1 fully saturated rings. The van der Waals surface area contributed by atoms with Crippen LogP contribution in [0.2, 0.25) is 0 Å². The average Bonchev–Trinajstić information content (AvgIpc) is 2.85. The van der Waals surface area contributed by atoms with Crippen molar-refractivity contribution in [1.29, 1.82) is 0 Å². The summed E-state index contributed by atoms with van der Waals surface area (Å²) in [5.74, 6) is 0.498.